The molecular weight excluding hydrogens is 571 g/mol. The van der Waals surface area contributed by atoms with Crippen molar-refractivity contribution >= 4 is 28.2 Å². The van der Waals surface area contributed by atoms with E-state index in [0.29, 0.717) is 11.3 Å². The van der Waals surface area contributed by atoms with Crippen LogP contribution in [0.5, 0.6) is 0 Å². The molecule has 0 N–H and O–H groups in total. The molecular formula is C40H33N3OS. The van der Waals surface area contributed by atoms with Gasteiger partial charge in [-0.25, -0.2) is 0 Å². The third kappa shape index (κ3) is 5.64. The van der Waals surface area contributed by atoms with Gasteiger partial charge in [-0.1, -0.05) is 91.0 Å². The molecule has 0 spiro atoms. The molecule has 0 saturated carbocycles. The number of nitriles is 2. The molecule has 4 nitrogen and oxygen atoms in total. The van der Waals surface area contributed by atoms with Crippen LogP contribution in [-0.2, 0) is 4.74 Å². The normalized spacial score (nSPS) is 17.2. The fraction of sp³-hybridized carbons (Fsp3) is 0.200. The second kappa shape index (κ2) is 12.9. The van der Waals surface area contributed by atoms with Crippen LogP contribution in [0.4, 0.5) is 5.00 Å². The molecule has 1 fully saturated rings. The van der Waals surface area contributed by atoms with Gasteiger partial charge < -0.3 is 9.64 Å². The summed E-state index contributed by atoms with van der Waals surface area (Å²) in [5.41, 5.74) is 8.73. The van der Waals surface area contributed by atoms with Gasteiger partial charge in [0.25, 0.3) is 0 Å². The van der Waals surface area contributed by atoms with E-state index in [2.05, 4.69) is 83.8 Å². The Balaban J connectivity index is 1.45. The third-order valence-corrected chi connectivity index (χ3v) is 9.99. The Morgan fingerprint density at radius 2 is 1.31 bits per heavy atom. The van der Waals surface area contributed by atoms with Crippen LogP contribution >= 0.6 is 11.3 Å². The molecule has 0 amide bonds. The molecule has 0 bridgehead atoms. The predicted octanol–water partition coefficient (Wildman–Crippen LogP) is 10.3. The van der Waals surface area contributed by atoms with E-state index in [1.807, 2.05) is 47.7 Å². The lowest BCUT2D eigenvalue weighted by molar-refractivity contribution is 0.369. The van der Waals surface area contributed by atoms with Gasteiger partial charge in [0.1, 0.15) is 34.2 Å². The molecule has 4 aromatic rings. The summed E-state index contributed by atoms with van der Waals surface area (Å²) in [5, 5.41) is 21.1. The van der Waals surface area contributed by atoms with Gasteiger partial charge in [0, 0.05) is 45.8 Å². The molecule has 0 atom stereocenters. The van der Waals surface area contributed by atoms with Crippen LogP contribution in [0.15, 0.2) is 125 Å². The highest BCUT2D eigenvalue weighted by Crippen LogP contribution is 2.51. The van der Waals surface area contributed by atoms with Gasteiger partial charge in [-0.15, -0.1) is 11.3 Å². The van der Waals surface area contributed by atoms with Crippen molar-refractivity contribution in [3.05, 3.63) is 136 Å². The number of thiophene rings is 1. The van der Waals surface area contributed by atoms with Crippen LogP contribution in [-0.4, -0.2) is 13.1 Å². The van der Waals surface area contributed by atoms with Crippen LogP contribution in [0.2, 0.25) is 0 Å². The number of benzene rings is 3. The Kier molecular flexibility index (Phi) is 8.19. The Bertz CT molecular complexity index is 1910. The van der Waals surface area contributed by atoms with Crippen molar-refractivity contribution in [1.29, 1.82) is 10.5 Å². The Morgan fingerprint density at radius 3 is 1.93 bits per heavy atom. The summed E-state index contributed by atoms with van der Waals surface area (Å²) < 4.78 is 6.73. The topological polar surface area (TPSA) is 60.1 Å². The first-order valence-electron chi connectivity index (χ1n) is 15.7. The molecule has 45 heavy (non-hydrogen) atoms. The molecule has 2 aliphatic heterocycles. The second-order valence-electron chi connectivity index (χ2n) is 11.6. The standard InChI is InChI=1S/C40H33N3OS/c41-26-32(27-42)34-25-35(28-14-5-1-6-15-28)44-39-31(20-13-21-33(34)39)24-36-37(29-16-7-2-8-17-29)38(30-18-9-3-10-19-30)40(45-36)43-22-11-4-12-23-43/h1-3,5-10,14-19,24-25H,4,11-13,20-23H2/b31-24+. The van der Waals surface area contributed by atoms with Gasteiger partial charge in [0.05, 0.1) is 0 Å². The van der Waals surface area contributed by atoms with E-state index in [4.69, 9.17) is 4.74 Å². The number of nitrogens with zero attached hydrogens (tertiary/aromatic N) is 3. The second-order valence-corrected chi connectivity index (χ2v) is 12.7. The molecule has 3 heterocycles. The van der Waals surface area contributed by atoms with Crippen LogP contribution in [0.3, 0.4) is 0 Å². The average molecular weight is 604 g/mol. The molecule has 7 rings (SSSR count). The maximum Gasteiger partial charge on any atom is 0.137 e. The molecule has 0 unspecified atom stereocenters. The number of hydrogen-bond acceptors (Lipinski definition) is 5. The summed E-state index contributed by atoms with van der Waals surface area (Å²) >= 11 is 1.87. The number of rotatable bonds is 5. The van der Waals surface area contributed by atoms with Crippen molar-refractivity contribution in [2.75, 3.05) is 18.0 Å². The van der Waals surface area contributed by atoms with Crippen LogP contribution in [0, 0.1) is 22.7 Å². The summed E-state index contributed by atoms with van der Waals surface area (Å²) in [7, 11) is 0. The fourth-order valence-electron chi connectivity index (χ4n) is 6.65. The van der Waals surface area contributed by atoms with E-state index in [1.54, 1.807) is 0 Å². The first kappa shape index (κ1) is 28.7. The minimum absolute atomic E-state index is 0.125. The molecule has 3 aliphatic rings. The zero-order chi connectivity index (χ0) is 30.6. The molecule has 1 aromatic heterocycles. The summed E-state index contributed by atoms with van der Waals surface area (Å²) in [6.07, 6.45) is 10.4. The van der Waals surface area contributed by atoms with Crippen molar-refractivity contribution in [1.82, 2.24) is 0 Å². The Morgan fingerprint density at radius 1 is 0.711 bits per heavy atom. The highest BCUT2D eigenvalue weighted by atomic mass is 32.1. The number of anilines is 1. The number of allylic oxidation sites excluding steroid dienone is 5. The van der Waals surface area contributed by atoms with E-state index in [9.17, 15) is 10.5 Å². The predicted molar refractivity (Wildman–Crippen MR) is 184 cm³/mol. The summed E-state index contributed by atoms with van der Waals surface area (Å²) in [6.45, 7) is 2.13. The minimum Gasteiger partial charge on any atom is -0.456 e. The van der Waals surface area contributed by atoms with E-state index in [0.717, 1.165) is 54.8 Å². The van der Waals surface area contributed by atoms with Gasteiger partial charge in [-0.3, -0.25) is 0 Å². The van der Waals surface area contributed by atoms with E-state index in [1.165, 1.54) is 51.4 Å². The quantitative estimate of drug-likeness (QED) is 0.213. The van der Waals surface area contributed by atoms with Gasteiger partial charge >= 0.3 is 0 Å². The number of piperidine rings is 1. The van der Waals surface area contributed by atoms with Crippen molar-refractivity contribution in [3.8, 4) is 34.4 Å². The maximum atomic E-state index is 9.91. The SMILES string of the molecule is N#CC(C#N)=C1C=C(c2ccccc2)OC2=C1CCC/C2=C\c1sc(N2CCCCC2)c(-c2ccccc2)c1-c1ccccc1. The lowest BCUT2D eigenvalue weighted by Crippen LogP contribution is -2.28. The first-order chi connectivity index (χ1) is 22.2. The van der Waals surface area contributed by atoms with Gasteiger partial charge in [-0.2, -0.15) is 10.5 Å². The lowest BCUT2D eigenvalue weighted by Gasteiger charge is -2.29. The van der Waals surface area contributed by atoms with Gasteiger partial charge in [-0.05, 0) is 67.4 Å². The highest BCUT2D eigenvalue weighted by molar-refractivity contribution is 7.18. The average Bonchev–Trinajstić information content (AvgIpc) is 3.49. The largest absolute Gasteiger partial charge is 0.456 e. The summed E-state index contributed by atoms with van der Waals surface area (Å²) in [5.74, 6) is 1.45. The number of ether oxygens (including phenoxy) is 1. The smallest absolute Gasteiger partial charge is 0.137 e. The molecule has 220 valence electrons. The molecule has 3 aromatic carbocycles. The fourth-order valence-corrected chi connectivity index (χ4v) is 8.01. The zero-order valence-electron chi connectivity index (χ0n) is 25.1. The maximum absolute atomic E-state index is 9.91. The Labute approximate surface area is 269 Å². The lowest BCUT2D eigenvalue weighted by atomic mass is 9.84. The van der Waals surface area contributed by atoms with Crippen molar-refractivity contribution in [2.45, 2.75) is 38.5 Å². The molecule has 0 radical (unpaired) electrons. The summed E-state index contributed by atoms with van der Waals surface area (Å²) in [4.78, 5) is 3.78. The van der Waals surface area contributed by atoms with E-state index < -0.39 is 0 Å². The monoisotopic (exact) mass is 603 g/mol. The molecule has 5 heteroatoms. The van der Waals surface area contributed by atoms with Crippen molar-refractivity contribution in [3.63, 3.8) is 0 Å². The van der Waals surface area contributed by atoms with Crippen LogP contribution < -0.4 is 4.90 Å². The van der Waals surface area contributed by atoms with Crippen molar-refractivity contribution < 1.29 is 4.74 Å². The third-order valence-electron chi connectivity index (χ3n) is 8.79. The highest BCUT2D eigenvalue weighted by Gasteiger charge is 2.30. The first-order valence-corrected chi connectivity index (χ1v) is 16.5. The molecule has 1 saturated heterocycles. The van der Waals surface area contributed by atoms with Gasteiger partial charge in [0.15, 0.2) is 0 Å². The Hall–Kier alpha value is -5.10. The molecule has 1 aliphatic carbocycles. The van der Waals surface area contributed by atoms with Gasteiger partial charge in [0.2, 0.25) is 0 Å². The van der Waals surface area contributed by atoms with E-state index in [-0.39, 0.29) is 5.57 Å². The summed E-state index contributed by atoms with van der Waals surface area (Å²) in [6, 6.07) is 35.7. The zero-order valence-corrected chi connectivity index (χ0v) is 25.9. The minimum atomic E-state index is 0.125. The van der Waals surface area contributed by atoms with Crippen LogP contribution in [0.1, 0.15) is 49.0 Å². The number of hydrogen-bond donors (Lipinski definition) is 0. The van der Waals surface area contributed by atoms with Crippen molar-refractivity contribution in [2.24, 2.45) is 0 Å². The van der Waals surface area contributed by atoms with Crippen LogP contribution in [0.25, 0.3) is 34.1 Å². The van der Waals surface area contributed by atoms with E-state index >= 15 is 0 Å².